The zero-order valence-electron chi connectivity index (χ0n) is 20.4. The lowest BCUT2D eigenvalue weighted by Crippen LogP contribution is -2.37. The number of rotatable bonds is 8. The molecule has 0 saturated carbocycles. The molecule has 0 bridgehead atoms. The lowest BCUT2D eigenvalue weighted by atomic mass is 10.1. The van der Waals surface area contributed by atoms with Gasteiger partial charge in [0.15, 0.2) is 0 Å². The number of nitrogens with one attached hydrogen (secondary N) is 2. The van der Waals surface area contributed by atoms with E-state index in [0.717, 1.165) is 18.4 Å². The van der Waals surface area contributed by atoms with Crippen LogP contribution in [0.1, 0.15) is 45.2 Å². The number of amides is 2. The van der Waals surface area contributed by atoms with Gasteiger partial charge in [0.25, 0.3) is 17.4 Å². The van der Waals surface area contributed by atoms with Gasteiger partial charge in [0.05, 0.1) is 0 Å². The molecule has 1 aromatic heterocycles. The van der Waals surface area contributed by atoms with Gasteiger partial charge in [-0.15, -0.1) is 0 Å². The number of carbonyl (C=O) groups is 2. The van der Waals surface area contributed by atoms with Crippen LogP contribution in [-0.4, -0.2) is 22.4 Å². The Balaban J connectivity index is 1.42. The number of carbonyl (C=O) groups excluding carboxylic acids is 2. The fraction of sp³-hybridized carbons (Fsp3) is 0.167. The van der Waals surface area contributed by atoms with Gasteiger partial charge in [-0.1, -0.05) is 48.0 Å². The summed E-state index contributed by atoms with van der Waals surface area (Å²) in [7, 11) is 0. The van der Waals surface area contributed by atoms with Gasteiger partial charge in [0.2, 0.25) is 0 Å². The molecule has 2 amide bonds. The van der Waals surface area contributed by atoms with Crippen molar-refractivity contribution in [2.45, 2.75) is 32.7 Å². The third kappa shape index (κ3) is 6.16. The summed E-state index contributed by atoms with van der Waals surface area (Å²) in [6.45, 7) is 3.90. The molecular weight excluding hydrogens is 450 g/mol. The maximum atomic E-state index is 13.1. The number of benzene rings is 3. The van der Waals surface area contributed by atoms with Crippen LogP contribution in [0.5, 0.6) is 0 Å². The topological polar surface area (TPSA) is 80.2 Å². The Morgan fingerprint density at radius 2 is 1.53 bits per heavy atom. The number of hydrogen-bond acceptors (Lipinski definition) is 3. The highest BCUT2D eigenvalue weighted by Gasteiger charge is 2.15. The third-order valence-electron chi connectivity index (χ3n) is 6.00. The third-order valence-corrected chi connectivity index (χ3v) is 6.00. The lowest BCUT2D eigenvalue weighted by molar-refractivity contribution is 0.0936. The Morgan fingerprint density at radius 3 is 2.22 bits per heavy atom. The Morgan fingerprint density at radius 1 is 0.833 bits per heavy atom. The fourth-order valence-electron chi connectivity index (χ4n) is 3.89. The van der Waals surface area contributed by atoms with Crippen molar-refractivity contribution in [2.24, 2.45) is 0 Å². The molecule has 0 fully saturated rings. The summed E-state index contributed by atoms with van der Waals surface area (Å²) in [5.74, 6) is -0.600. The van der Waals surface area contributed by atoms with Gasteiger partial charge < -0.3 is 10.6 Å². The predicted molar refractivity (Wildman–Crippen MR) is 143 cm³/mol. The molecule has 2 N–H and O–H groups in total. The minimum absolute atomic E-state index is 0.0813. The molecule has 1 heterocycles. The highest BCUT2D eigenvalue weighted by molar-refractivity contribution is 6.04. The van der Waals surface area contributed by atoms with Gasteiger partial charge in [0, 0.05) is 29.2 Å². The molecule has 36 heavy (non-hydrogen) atoms. The van der Waals surface area contributed by atoms with Crippen molar-refractivity contribution in [3.63, 3.8) is 0 Å². The number of nitrogens with zero attached hydrogens (tertiary/aromatic N) is 1. The summed E-state index contributed by atoms with van der Waals surface area (Å²) in [6, 6.07) is 27.5. The largest absolute Gasteiger partial charge is 0.349 e. The van der Waals surface area contributed by atoms with Crippen LogP contribution in [-0.2, 0) is 6.42 Å². The first-order valence-corrected chi connectivity index (χ1v) is 12.0. The Bertz CT molecular complexity index is 1390. The van der Waals surface area contributed by atoms with Crippen molar-refractivity contribution in [1.29, 1.82) is 0 Å². The molecule has 0 saturated heterocycles. The average molecular weight is 480 g/mol. The van der Waals surface area contributed by atoms with Crippen molar-refractivity contribution in [3.05, 3.63) is 130 Å². The smallest absolute Gasteiger partial charge is 0.267 e. The quantitative estimate of drug-likeness (QED) is 0.367. The first-order valence-electron chi connectivity index (χ1n) is 12.0. The van der Waals surface area contributed by atoms with E-state index < -0.39 is 11.5 Å². The van der Waals surface area contributed by atoms with E-state index in [9.17, 15) is 14.4 Å². The summed E-state index contributed by atoms with van der Waals surface area (Å²) in [4.78, 5) is 38.4. The molecule has 6 nitrogen and oxygen atoms in total. The maximum absolute atomic E-state index is 13.1. The average Bonchev–Trinajstić information content (AvgIpc) is 2.89. The van der Waals surface area contributed by atoms with Crippen molar-refractivity contribution >= 4 is 17.5 Å². The van der Waals surface area contributed by atoms with Crippen LogP contribution in [0.25, 0.3) is 5.69 Å². The summed E-state index contributed by atoms with van der Waals surface area (Å²) in [5, 5.41) is 5.79. The minimum Gasteiger partial charge on any atom is -0.349 e. The molecule has 4 rings (SSSR count). The van der Waals surface area contributed by atoms with Crippen molar-refractivity contribution in [2.75, 3.05) is 5.32 Å². The molecule has 3 aromatic carbocycles. The van der Waals surface area contributed by atoms with Crippen LogP contribution >= 0.6 is 0 Å². The van der Waals surface area contributed by atoms with E-state index >= 15 is 0 Å². The van der Waals surface area contributed by atoms with Gasteiger partial charge in [-0.3, -0.25) is 19.0 Å². The molecule has 0 radical (unpaired) electrons. The fourth-order valence-corrected chi connectivity index (χ4v) is 3.89. The summed E-state index contributed by atoms with van der Waals surface area (Å²) in [6.07, 6.45) is 3.23. The first kappa shape index (κ1) is 24.7. The Hall–Kier alpha value is -4.45. The molecule has 0 aliphatic rings. The van der Waals surface area contributed by atoms with Gasteiger partial charge in [-0.2, -0.15) is 0 Å². The first-order chi connectivity index (χ1) is 17.4. The molecule has 0 aliphatic heterocycles. The highest BCUT2D eigenvalue weighted by atomic mass is 16.2. The SMILES string of the molecule is Cc1ccc(C(=O)Nc2ccc(-n3cccc(C(=O)N[C@H](C)CCc4ccccc4)c3=O)cc2)cc1. The second kappa shape index (κ2) is 11.3. The number of hydrogen-bond donors (Lipinski definition) is 2. The van der Waals surface area contributed by atoms with Gasteiger partial charge in [-0.25, -0.2) is 0 Å². The predicted octanol–water partition coefficient (Wildman–Crippen LogP) is 5.15. The zero-order chi connectivity index (χ0) is 25.5. The van der Waals surface area contributed by atoms with E-state index in [1.54, 1.807) is 48.7 Å². The molecule has 6 heteroatoms. The highest BCUT2D eigenvalue weighted by Crippen LogP contribution is 2.14. The van der Waals surface area contributed by atoms with Gasteiger partial charge in [-0.05, 0) is 80.8 Å². The van der Waals surface area contributed by atoms with E-state index in [1.807, 2.05) is 44.2 Å². The summed E-state index contributed by atoms with van der Waals surface area (Å²) >= 11 is 0. The minimum atomic E-state index is -0.401. The van der Waals surface area contributed by atoms with Crippen LogP contribution in [0.2, 0.25) is 0 Å². The van der Waals surface area contributed by atoms with Gasteiger partial charge >= 0.3 is 0 Å². The molecular formula is C30H29N3O3. The number of pyridine rings is 1. The van der Waals surface area contributed by atoms with E-state index in [-0.39, 0.29) is 17.5 Å². The van der Waals surface area contributed by atoms with Crippen molar-refractivity contribution < 1.29 is 9.59 Å². The zero-order valence-corrected chi connectivity index (χ0v) is 20.4. The monoisotopic (exact) mass is 479 g/mol. The normalized spacial score (nSPS) is 11.5. The van der Waals surface area contributed by atoms with E-state index in [1.165, 1.54) is 16.2 Å². The van der Waals surface area contributed by atoms with E-state index in [4.69, 9.17) is 0 Å². The number of aromatic nitrogens is 1. The summed E-state index contributed by atoms with van der Waals surface area (Å²) in [5.41, 5.74) is 3.75. The number of anilines is 1. The second-order valence-electron chi connectivity index (χ2n) is 8.86. The van der Waals surface area contributed by atoms with Gasteiger partial charge in [0.1, 0.15) is 5.56 Å². The molecule has 0 spiro atoms. The van der Waals surface area contributed by atoms with Crippen LogP contribution in [0, 0.1) is 6.92 Å². The molecule has 182 valence electrons. The van der Waals surface area contributed by atoms with Crippen LogP contribution in [0.3, 0.4) is 0 Å². The maximum Gasteiger partial charge on any atom is 0.267 e. The van der Waals surface area contributed by atoms with Crippen LogP contribution in [0.15, 0.2) is 102 Å². The second-order valence-corrected chi connectivity index (χ2v) is 8.86. The molecule has 0 aliphatic carbocycles. The molecule has 1 atom stereocenters. The Labute approximate surface area is 210 Å². The Kier molecular flexibility index (Phi) is 7.75. The summed E-state index contributed by atoms with van der Waals surface area (Å²) < 4.78 is 1.43. The van der Waals surface area contributed by atoms with Crippen molar-refractivity contribution in [1.82, 2.24) is 9.88 Å². The van der Waals surface area contributed by atoms with E-state index in [2.05, 4.69) is 22.8 Å². The van der Waals surface area contributed by atoms with Crippen LogP contribution < -0.4 is 16.2 Å². The molecule has 4 aromatic rings. The number of aryl methyl sites for hydroxylation is 2. The van der Waals surface area contributed by atoms with Crippen molar-refractivity contribution in [3.8, 4) is 5.69 Å². The van der Waals surface area contributed by atoms with E-state index in [0.29, 0.717) is 16.9 Å². The lowest BCUT2D eigenvalue weighted by Gasteiger charge is -2.15. The van der Waals surface area contributed by atoms with Crippen LogP contribution in [0.4, 0.5) is 5.69 Å². The molecule has 0 unspecified atom stereocenters. The standard InChI is InChI=1S/C30H29N3O3/c1-21-10-14-24(15-11-21)28(34)32-25-16-18-26(19-17-25)33-20-6-9-27(30(33)36)29(35)31-22(2)12-13-23-7-4-3-5-8-23/h3-11,14-20,22H,12-13H2,1-2H3,(H,31,35)(H,32,34)/t22-/m1/s1.